The molecular formula is C13H12BrN5O2S. The molecule has 0 amide bonds. The molecule has 0 atom stereocenters. The predicted octanol–water partition coefficient (Wildman–Crippen LogP) is 2.84. The van der Waals surface area contributed by atoms with Crippen LogP contribution < -0.4 is 20.6 Å². The number of nitrogens with two attached hydrogens (primary N) is 1. The van der Waals surface area contributed by atoms with Gasteiger partial charge < -0.3 is 15.2 Å². The van der Waals surface area contributed by atoms with Crippen molar-refractivity contribution in [1.82, 2.24) is 4.98 Å². The number of rotatable bonds is 6. The zero-order valence-electron chi connectivity index (χ0n) is 11.5. The molecule has 7 nitrogen and oxygen atoms in total. The van der Waals surface area contributed by atoms with Crippen molar-refractivity contribution >= 4 is 44.4 Å². The number of hydrogen-bond acceptors (Lipinski definition) is 8. The van der Waals surface area contributed by atoms with E-state index in [2.05, 4.69) is 31.4 Å². The maximum atomic E-state index is 8.59. The second-order valence-electron chi connectivity index (χ2n) is 3.93. The Balaban J connectivity index is 2.14. The number of anilines is 2. The van der Waals surface area contributed by atoms with E-state index in [9.17, 15) is 0 Å². The quantitative estimate of drug-likeness (QED) is 0.588. The highest BCUT2D eigenvalue weighted by Crippen LogP contribution is 2.36. The molecular weight excluding hydrogens is 370 g/mol. The highest BCUT2D eigenvalue weighted by Gasteiger charge is 2.11. The fraction of sp³-hybridized carbons (Fsp3) is 0.154. The number of nitrogen functional groups attached to an aromatic ring is 1. The maximum absolute atomic E-state index is 8.59. The van der Waals surface area contributed by atoms with Crippen molar-refractivity contribution < 1.29 is 9.47 Å². The Kier molecular flexibility index (Phi) is 5.57. The first-order valence-corrected chi connectivity index (χ1v) is 7.68. The molecule has 0 radical (unpaired) electrons. The van der Waals surface area contributed by atoms with Gasteiger partial charge in [0.2, 0.25) is 5.13 Å². The first-order valence-electron chi connectivity index (χ1n) is 6.01. The van der Waals surface area contributed by atoms with E-state index in [1.165, 1.54) is 18.4 Å². The molecule has 0 aliphatic heterocycles. The molecule has 1 heterocycles. The summed E-state index contributed by atoms with van der Waals surface area (Å²) in [6.45, 7) is -0.0601. The molecule has 0 spiro atoms. The van der Waals surface area contributed by atoms with Crippen LogP contribution >= 0.6 is 27.3 Å². The number of benzene rings is 1. The number of aromatic nitrogens is 1. The van der Waals surface area contributed by atoms with Crippen LogP contribution in [-0.4, -0.2) is 24.9 Å². The second kappa shape index (κ2) is 7.63. The Morgan fingerprint density at radius 2 is 2.41 bits per heavy atom. The van der Waals surface area contributed by atoms with Gasteiger partial charge in [-0.05, 0) is 33.6 Å². The molecule has 0 aliphatic carbocycles. The lowest BCUT2D eigenvalue weighted by Crippen LogP contribution is -1.99. The van der Waals surface area contributed by atoms with E-state index in [0.717, 1.165) is 5.56 Å². The van der Waals surface area contributed by atoms with Gasteiger partial charge in [0.1, 0.15) is 11.9 Å². The van der Waals surface area contributed by atoms with Gasteiger partial charge in [-0.25, -0.2) is 4.98 Å². The van der Waals surface area contributed by atoms with Crippen molar-refractivity contribution in [2.24, 2.45) is 5.10 Å². The van der Waals surface area contributed by atoms with Gasteiger partial charge in [0, 0.05) is 5.38 Å². The van der Waals surface area contributed by atoms with Crippen LogP contribution in [0.5, 0.6) is 11.5 Å². The van der Waals surface area contributed by atoms with Crippen LogP contribution in [-0.2, 0) is 0 Å². The number of ether oxygens (including phenoxy) is 2. The van der Waals surface area contributed by atoms with Crippen LogP contribution in [0.25, 0.3) is 0 Å². The molecule has 9 heteroatoms. The average Bonchev–Trinajstić information content (AvgIpc) is 2.91. The van der Waals surface area contributed by atoms with Crippen LogP contribution in [0.2, 0.25) is 0 Å². The Bertz CT molecular complexity index is 726. The minimum atomic E-state index is -0.0601. The van der Waals surface area contributed by atoms with Crippen molar-refractivity contribution in [3.63, 3.8) is 0 Å². The smallest absolute Gasteiger partial charge is 0.205 e. The van der Waals surface area contributed by atoms with E-state index in [4.69, 9.17) is 20.5 Å². The molecule has 0 unspecified atom stereocenters. The van der Waals surface area contributed by atoms with E-state index in [1.54, 1.807) is 23.7 Å². The molecule has 2 rings (SSSR count). The van der Waals surface area contributed by atoms with Gasteiger partial charge in [0.25, 0.3) is 0 Å². The molecule has 1 aromatic carbocycles. The summed E-state index contributed by atoms with van der Waals surface area (Å²) in [7, 11) is 1.53. The molecule has 0 bridgehead atoms. The Labute approximate surface area is 139 Å². The van der Waals surface area contributed by atoms with Crippen molar-refractivity contribution in [1.29, 1.82) is 5.26 Å². The zero-order chi connectivity index (χ0) is 15.9. The van der Waals surface area contributed by atoms with Crippen LogP contribution in [0.15, 0.2) is 27.1 Å². The molecule has 3 N–H and O–H groups in total. The monoisotopic (exact) mass is 381 g/mol. The van der Waals surface area contributed by atoms with Crippen molar-refractivity contribution in [3.05, 3.63) is 27.5 Å². The Hall–Kier alpha value is -2.31. The number of thiazole rings is 1. The van der Waals surface area contributed by atoms with E-state index in [-0.39, 0.29) is 6.61 Å². The fourth-order valence-corrected chi connectivity index (χ4v) is 2.68. The summed E-state index contributed by atoms with van der Waals surface area (Å²) >= 11 is 4.75. The van der Waals surface area contributed by atoms with E-state index < -0.39 is 0 Å². The number of nitrogens with zero attached hydrogens (tertiary/aromatic N) is 3. The van der Waals surface area contributed by atoms with Crippen LogP contribution in [0.1, 0.15) is 5.56 Å². The van der Waals surface area contributed by atoms with Gasteiger partial charge in [-0.15, -0.1) is 11.3 Å². The van der Waals surface area contributed by atoms with Gasteiger partial charge in [-0.2, -0.15) is 10.4 Å². The lowest BCUT2D eigenvalue weighted by atomic mass is 10.2. The topological polar surface area (TPSA) is 106 Å². The van der Waals surface area contributed by atoms with Crippen molar-refractivity contribution in [3.8, 4) is 17.6 Å². The standard InChI is InChI=1S/C13H12BrN5O2S/c1-20-10-5-8(4-9(14)12(10)21-3-2-15)6-17-19-13-18-11(16)7-22-13/h4-7H,3,16H2,1H3,(H,18,19). The molecule has 2 aromatic rings. The second-order valence-corrected chi connectivity index (χ2v) is 5.64. The molecule has 0 saturated heterocycles. The van der Waals surface area contributed by atoms with Gasteiger partial charge >= 0.3 is 0 Å². The lowest BCUT2D eigenvalue weighted by Gasteiger charge is -2.11. The summed E-state index contributed by atoms with van der Waals surface area (Å²) in [5, 5.41) is 15.0. The van der Waals surface area contributed by atoms with E-state index in [0.29, 0.717) is 26.9 Å². The normalized spacial score (nSPS) is 10.4. The first kappa shape index (κ1) is 16.1. The minimum Gasteiger partial charge on any atom is -0.493 e. The summed E-state index contributed by atoms with van der Waals surface area (Å²) in [4.78, 5) is 4.03. The van der Waals surface area contributed by atoms with Crippen LogP contribution in [0.3, 0.4) is 0 Å². The Morgan fingerprint density at radius 3 is 3.05 bits per heavy atom. The molecule has 0 fully saturated rings. The molecule has 22 heavy (non-hydrogen) atoms. The van der Waals surface area contributed by atoms with Crippen LogP contribution in [0.4, 0.5) is 10.9 Å². The fourth-order valence-electron chi connectivity index (χ4n) is 1.56. The third-order valence-electron chi connectivity index (χ3n) is 2.43. The van der Waals surface area contributed by atoms with E-state index in [1.807, 2.05) is 6.07 Å². The summed E-state index contributed by atoms with van der Waals surface area (Å²) in [6.07, 6.45) is 1.61. The molecule has 0 saturated carbocycles. The highest BCUT2D eigenvalue weighted by molar-refractivity contribution is 9.10. The largest absolute Gasteiger partial charge is 0.493 e. The summed E-state index contributed by atoms with van der Waals surface area (Å²) in [6, 6.07) is 5.46. The third kappa shape index (κ3) is 4.09. The first-order chi connectivity index (χ1) is 10.6. The van der Waals surface area contributed by atoms with Gasteiger partial charge in [0.15, 0.2) is 18.1 Å². The molecule has 114 valence electrons. The van der Waals surface area contributed by atoms with E-state index >= 15 is 0 Å². The number of methoxy groups -OCH3 is 1. The molecule has 1 aromatic heterocycles. The van der Waals surface area contributed by atoms with Crippen molar-refractivity contribution in [2.75, 3.05) is 24.9 Å². The van der Waals surface area contributed by atoms with Gasteiger partial charge in [0.05, 0.1) is 17.8 Å². The molecule has 0 aliphatic rings. The average molecular weight is 382 g/mol. The summed E-state index contributed by atoms with van der Waals surface area (Å²) in [5.41, 5.74) is 9.09. The lowest BCUT2D eigenvalue weighted by molar-refractivity contribution is 0.327. The number of hydrazone groups is 1. The van der Waals surface area contributed by atoms with Crippen molar-refractivity contribution in [2.45, 2.75) is 0 Å². The summed E-state index contributed by atoms with van der Waals surface area (Å²) in [5.74, 6) is 1.43. The SMILES string of the molecule is COc1cc(C=NNc2nc(N)cs2)cc(Br)c1OCC#N. The Morgan fingerprint density at radius 1 is 1.59 bits per heavy atom. The van der Waals surface area contributed by atoms with Gasteiger partial charge in [-0.3, -0.25) is 5.43 Å². The zero-order valence-corrected chi connectivity index (χ0v) is 13.9. The number of hydrogen-bond donors (Lipinski definition) is 2. The maximum Gasteiger partial charge on any atom is 0.205 e. The van der Waals surface area contributed by atoms with Crippen LogP contribution in [0, 0.1) is 11.3 Å². The highest BCUT2D eigenvalue weighted by atomic mass is 79.9. The number of nitrogens with one attached hydrogen (secondary N) is 1. The summed E-state index contributed by atoms with van der Waals surface area (Å²) < 4.78 is 11.3. The van der Waals surface area contributed by atoms with Gasteiger partial charge in [-0.1, -0.05) is 0 Å². The number of halogens is 1. The predicted molar refractivity (Wildman–Crippen MR) is 89.5 cm³/mol. The number of nitriles is 1. The third-order valence-corrected chi connectivity index (χ3v) is 3.78. The minimum absolute atomic E-state index is 0.0601.